The highest BCUT2D eigenvalue weighted by molar-refractivity contribution is 5.97. The molecule has 2 unspecified atom stereocenters. The van der Waals surface area contributed by atoms with E-state index in [2.05, 4.69) is 0 Å². The molecule has 104 valence electrons. The molecule has 2 N–H and O–H groups in total. The Bertz CT molecular complexity index is 293. The summed E-state index contributed by atoms with van der Waals surface area (Å²) in [5.41, 5.74) is 5.97. The number of carbonyl (C=O) groups excluding carboxylic acids is 2. The minimum Gasteiger partial charge on any atom is -0.328 e. The summed E-state index contributed by atoms with van der Waals surface area (Å²) in [6, 6.07) is 0.115. The minimum absolute atomic E-state index is 0.00134. The zero-order valence-electron chi connectivity index (χ0n) is 12.0. The van der Waals surface area contributed by atoms with Crippen LogP contribution in [0.5, 0.6) is 0 Å². The van der Waals surface area contributed by atoms with Crippen molar-refractivity contribution in [1.29, 1.82) is 0 Å². The molecule has 2 atom stereocenters. The highest BCUT2D eigenvalue weighted by atomic mass is 16.2. The maximum atomic E-state index is 12.3. The van der Waals surface area contributed by atoms with Gasteiger partial charge in [-0.3, -0.25) is 14.5 Å². The lowest BCUT2D eigenvalue weighted by Crippen LogP contribution is -2.51. The molecule has 4 heteroatoms. The van der Waals surface area contributed by atoms with Crippen molar-refractivity contribution in [3.05, 3.63) is 0 Å². The monoisotopic (exact) mass is 254 g/mol. The van der Waals surface area contributed by atoms with Gasteiger partial charge in [0.1, 0.15) is 0 Å². The number of imide groups is 1. The standard InChI is InChI=1S/C14H26N2O2/c1-9(2)13(17)16(14(18)10(3)4)12-7-5-6-11(15)8-12/h9-12H,5-8,15H2,1-4H3. The minimum atomic E-state index is -0.147. The van der Waals surface area contributed by atoms with Gasteiger partial charge in [-0.15, -0.1) is 0 Å². The maximum Gasteiger partial charge on any atom is 0.231 e. The first-order valence-electron chi connectivity index (χ1n) is 6.97. The third-order valence-corrected chi connectivity index (χ3v) is 3.51. The molecule has 0 aromatic rings. The van der Waals surface area contributed by atoms with E-state index in [4.69, 9.17) is 5.73 Å². The Labute approximate surface area is 110 Å². The molecular formula is C14H26N2O2. The number of nitrogens with two attached hydrogens (primary N) is 1. The van der Waals surface area contributed by atoms with Crippen molar-refractivity contribution in [3.63, 3.8) is 0 Å². The maximum absolute atomic E-state index is 12.3. The predicted octanol–water partition coefficient (Wildman–Crippen LogP) is 1.92. The van der Waals surface area contributed by atoms with Crippen LogP contribution >= 0.6 is 0 Å². The molecule has 1 aliphatic carbocycles. The van der Waals surface area contributed by atoms with Gasteiger partial charge in [-0.25, -0.2) is 0 Å². The second kappa shape index (κ2) is 6.32. The fourth-order valence-corrected chi connectivity index (χ4v) is 2.46. The molecule has 0 heterocycles. The molecule has 1 fully saturated rings. The highest BCUT2D eigenvalue weighted by Crippen LogP contribution is 2.25. The Kier molecular flexibility index (Phi) is 5.32. The van der Waals surface area contributed by atoms with Gasteiger partial charge in [0.05, 0.1) is 0 Å². The van der Waals surface area contributed by atoms with Crippen molar-refractivity contribution in [2.24, 2.45) is 17.6 Å². The van der Waals surface area contributed by atoms with Gasteiger partial charge in [0, 0.05) is 23.9 Å². The van der Waals surface area contributed by atoms with E-state index in [0.29, 0.717) is 0 Å². The van der Waals surface area contributed by atoms with Crippen LogP contribution in [-0.2, 0) is 9.59 Å². The van der Waals surface area contributed by atoms with E-state index in [0.717, 1.165) is 25.7 Å². The first kappa shape index (κ1) is 15.2. The summed E-state index contributed by atoms with van der Waals surface area (Å²) in [6.07, 6.45) is 3.64. The van der Waals surface area contributed by atoms with Gasteiger partial charge < -0.3 is 5.73 Å². The number of rotatable bonds is 3. The van der Waals surface area contributed by atoms with Crippen molar-refractivity contribution in [1.82, 2.24) is 4.90 Å². The molecule has 4 nitrogen and oxygen atoms in total. The van der Waals surface area contributed by atoms with Gasteiger partial charge in [-0.2, -0.15) is 0 Å². The van der Waals surface area contributed by atoms with Crippen LogP contribution in [-0.4, -0.2) is 28.8 Å². The molecular weight excluding hydrogens is 228 g/mol. The molecule has 2 amide bonds. The number of carbonyl (C=O) groups is 2. The molecule has 1 saturated carbocycles. The summed E-state index contributed by atoms with van der Waals surface area (Å²) in [7, 11) is 0. The quantitative estimate of drug-likeness (QED) is 0.837. The van der Waals surface area contributed by atoms with Gasteiger partial charge in [-0.1, -0.05) is 27.7 Å². The van der Waals surface area contributed by atoms with Gasteiger partial charge >= 0.3 is 0 Å². The fourth-order valence-electron chi connectivity index (χ4n) is 2.46. The number of hydrogen-bond acceptors (Lipinski definition) is 3. The normalized spacial score (nSPS) is 24.4. The first-order chi connectivity index (χ1) is 8.34. The van der Waals surface area contributed by atoms with E-state index in [1.165, 1.54) is 4.90 Å². The predicted molar refractivity (Wildman–Crippen MR) is 71.8 cm³/mol. The van der Waals surface area contributed by atoms with E-state index in [-0.39, 0.29) is 35.7 Å². The van der Waals surface area contributed by atoms with E-state index in [1.807, 2.05) is 27.7 Å². The summed E-state index contributed by atoms with van der Waals surface area (Å²) < 4.78 is 0. The van der Waals surface area contributed by atoms with Crippen molar-refractivity contribution >= 4 is 11.8 Å². The summed E-state index contributed by atoms with van der Waals surface area (Å²) in [5, 5.41) is 0. The molecule has 0 saturated heterocycles. The van der Waals surface area contributed by atoms with Gasteiger partial charge in [0.15, 0.2) is 0 Å². The Morgan fingerprint density at radius 2 is 1.56 bits per heavy atom. The van der Waals surface area contributed by atoms with Gasteiger partial charge in [0.25, 0.3) is 0 Å². The zero-order chi connectivity index (χ0) is 13.9. The third-order valence-electron chi connectivity index (χ3n) is 3.51. The lowest BCUT2D eigenvalue weighted by molar-refractivity contribution is -0.152. The second-order valence-corrected chi connectivity index (χ2v) is 5.94. The summed E-state index contributed by atoms with van der Waals surface area (Å²) in [4.78, 5) is 26.0. The van der Waals surface area contributed by atoms with Gasteiger partial charge in [0.2, 0.25) is 11.8 Å². The fraction of sp³-hybridized carbons (Fsp3) is 0.857. The van der Waals surface area contributed by atoms with Crippen LogP contribution in [0, 0.1) is 11.8 Å². The Balaban J connectivity index is 2.89. The molecule has 0 bridgehead atoms. The topological polar surface area (TPSA) is 63.4 Å². The molecule has 0 aromatic heterocycles. The zero-order valence-corrected chi connectivity index (χ0v) is 12.0. The summed E-state index contributed by atoms with van der Waals surface area (Å²) >= 11 is 0. The van der Waals surface area contributed by atoms with Gasteiger partial charge in [-0.05, 0) is 25.7 Å². The molecule has 18 heavy (non-hydrogen) atoms. The molecule has 0 radical (unpaired) electrons. The smallest absolute Gasteiger partial charge is 0.231 e. The molecule has 1 aliphatic rings. The molecule has 0 spiro atoms. The number of nitrogens with zero attached hydrogens (tertiary/aromatic N) is 1. The largest absolute Gasteiger partial charge is 0.328 e. The van der Waals surface area contributed by atoms with Crippen LogP contribution < -0.4 is 5.73 Å². The van der Waals surface area contributed by atoms with Crippen molar-refractivity contribution in [3.8, 4) is 0 Å². The lowest BCUT2D eigenvalue weighted by atomic mass is 9.89. The SMILES string of the molecule is CC(C)C(=O)N(C(=O)C(C)C)C1CCCC(N)C1. The number of amides is 2. The van der Waals surface area contributed by atoms with Crippen LogP contribution in [0.4, 0.5) is 0 Å². The van der Waals surface area contributed by atoms with Crippen LogP contribution in [0.15, 0.2) is 0 Å². The van der Waals surface area contributed by atoms with E-state index < -0.39 is 0 Å². The Morgan fingerprint density at radius 1 is 1.06 bits per heavy atom. The average Bonchev–Trinajstić information content (AvgIpc) is 2.28. The van der Waals surface area contributed by atoms with E-state index in [1.54, 1.807) is 0 Å². The second-order valence-electron chi connectivity index (χ2n) is 5.94. The summed E-state index contributed by atoms with van der Waals surface area (Å²) in [6.45, 7) is 7.36. The van der Waals surface area contributed by atoms with Crippen molar-refractivity contribution in [2.45, 2.75) is 65.5 Å². The highest BCUT2D eigenvalue weighted by Gasteiger charge is 2.34. The molecule has 1 rings (SSSR count). The van der Waals surface area contributed by atoms with Crippen LogP contribution in [0.2, 0.25) is 0 Å². The van der Waals surface area contributed by atoms with Crippen LogP contribution in [0.3, 0.4) is 0 Å². The summed E-state index contributed by atoms with van der Waals surface area (Å²) in [5.74, 6) is -0.419. The Hall–Kier alpha value is -0.900. The average molecular weight is 254 g/mol. The molecule has 0 aromatic carbocycles. The van der Waals surface area contributed by atoms with Crippen molar-refractivity contribution < 1.29 is 9.59 Å². The van der Waals surface area contributed by atoms with Crippen LogP contribution in [0.25, 0.3) is 0 Å². The van der Waals surface area contributed by atoms with E-state index in [9.17, 15) is 9.59 Å². The third kappa shape index (κ3) is 3.55. The molecule has 0 aliphatic heterocycles. The van der Waals surface area contributed by atoms with E-state index >= 15 is 0 Å². The number of hydrogen-bond donors (Lipinski definition) is 1. The van der Waals surface area contributed by atoms with Crippen LogP contribution in [0.1, 0.15) is 53.4 Å². The first-order valence-corrected chi connectivity index (χ1v) is 6.97. The Morgan fingerprint density at radius 3 is 1.94 bits per heavy atom. The van der Waals surface area contributed by atoms with Crippen molar-refractivity contribution in [2.75, 3.05) is 0 Å². The lowest BCUT2D eigenvalue weighted by Gasteiger charge is -2.37.